The van der Waals surface area contributed by atoms with Gasteiger partial charge in [-0.15, -0.1) is 0 Å². The largest absolute Gasteiger partial charge is 0.454 e. The van der Waals surface area contributed by atoms with Gasteiger partial charge in [0.15, 0.2) is 6.10 Å². The Hall–Kier alpha value is -3.83. The van der Waals surface area contributed by atoms with Gasteiger partial charge in [-0.1, -0.05) is 41.5 Å². The molecule has 2 aromatic rings. The standard InChI is InChI=1S/C14H19N3O6S.C13H15N3O3/c1-8(2)11-9(3)12(23-24(4,20)21)14(7-15,22-11)17-6-5-10(18)16-13(17)19;1-7(2)10-8(3)11-13(6-14,19-10)16-5-4-9(17)15-12(16)18-11/h5-6,8-9,11-12H,1-4H3,(H,16,18,19);4-5,7-8,10-11H,1-3H3/t9-,11-,12-,14-;8-,10-,11+,13-/m11/s1. The highest BCUT2D eigenvalue weighted by molar-refractivity contribution is 7.86. The Balaban J connectivity index is 0.000000202. The quantitative estimate of drug-likeness (QED) is 0.457. The van der Waals surface area contributed by atoms with Crippen LogP contribution in [0.15, 0.2) is 38.9 Å². The predicted molar refractivity (Wildman–Crippen MR) is 149 cm³/mol. The lowest BCUT2D eigenvalue weighted by molar-refractivity contribution is -0.103. The minimum absolute atomic E-state index is 0.0523. The summed E-state index contributed by atoms with van der Waals surface area (Å²) in [5.41, 5.74) is -5.12. The molecule has 0 aromatic carbocycles. The number of aromatic amines is 1. The van der Waals surface area contributed by atoms with Crippen LogP contribution in [0.2, 0.25) is 0 Å². The van der Waals surface area contributed by atoms with E-state index < -0.39 is 57.0 Å². The molecule has 2 saturated heterocycles. The highest BCUT2D eigenvalue weighted by atomic mass is 32.2. The molecule has 5 rings (SSSR count). The van der Waals surface area contributed by atoms with Gasteiger partial charge in [-0.2, -0.15) is 23.9 Å². The van der Waals surface area contributed by atoms with E-state index >= 15 is 0 Å². The number of nitrogens with zero attached hydrogens (tertiary/aromatic N) is 5. The number of aromatic nitrogens is 4. The number of rotatable bonds is 5. The van der Waals surface area contributed by atoms with Gasteiger partial charge in [-0.3, -0.25) is 27.9 Å². The maximum atomic E-state index is 12.2. The molecule has 0 saturated carbocycles. The Labute approximate surface area is 247 Å². The Morgan fingerprint density at radius 1 is 0.953 bits per heavy atom. The van der Waals surface area contributed by atoms with Crippen molar-refractivity contribution in [2.24, 2.45) is 23.7 Å². The number of hydrogen-bond acceptors (Lipinski definition) is 12. The minimum atomic E-state index is -3.92. The maximum absolute atomic E-state index is 12.2. The van der Waals surface area contributed by atoms with Gasteiger partial charge >= 0.3 is 11.7 Å². The lowest BCUT2D eigenvalue weighted by Crippen LogP contribution is -2.51. The van der Waals surface area contributed by atoms with Crippen LogP contribution in [0.5, 0.6) is 6.01 Å². The zero-order valence-electron chi connectivity index (χ0n) is 24.7. The molecule has 0 amide bonds. The van der Waals surface area contributed by atoms with Crippen molar-refractivity contribution in [3.8, 4) is 18.1 Å². The Morgan fingerprint density at radius 3 is 2.05 bits per heavy atom. The van der Waals surface area contributed by atoms with E-state index in [2.05, 4.69) is 24.9 Å². The van der Waals surface area contributed by atoms with Gasteiger partial charge in [0.25, 0.3) is 32.7 Å². The fourth-order valence-corrected chi connectivity index (χ4v) is 6.71. The van der Waals surface area contributed by atoms with Crippen LogP contribution in [0.1, 0.15) is 41.5 Å². The summed E-state index contributed by atoms with van der Waals surface area (Å²) >= 11 is 0. The molecule has 15 nitrogen and oxygen atoms in total. The van der Waals surface area contributed by atoms with Crippen LogP contribution in [0, 0.1) is 46.3 Å². The number of nitrogens with one attached hydrogen (secondary N) is 1. The molecule has 0 radical (unpaired) electrons. The number of fused-ring (bicyclic) bond motifs is 3. The monoisotopic (exact) mass is 618 g/mol. The molecule has 16 heteroatoms. The average molecular weight is 619 g/mol. The summed E-state index contributed by atoms with van der Waals surface area (Å²) in [4.78, 5) is 40.5. The molecule has 2 fully saturated rings. The van der Waals surface area contributed by atoms with Crippen LogP contribution in [-0.4, -0.2) is 58.2 Å². The van der Waals surface area contributed by atoms with Crippen LogP contribution in [0.25, 0.3) is 0 Å². The van der Waals surface area contributed by atoms with Crippen molar-refractivity contribution in [2.45, 2.75) is 77.4 Å². The smallest absolute Gasteiger partial charge is 0.331 e. The second kappa shape index (κ2) is 11.3. The van der Waals surface area contributed by atoms with Crippen molar-refractivity contribution in [1.29, 1.82) is 10.5 Å². The van der Waals surface area contributed by atoms with Crippen molar-refractivity contribution in [2.75, 3.05) is 6.26 Å². The van der Waals surface area contributed by atoms with Crippen LogP contribution in [-0.2, 0) is 35.2 Å². The van der Waals surface area contributed by atoms with Gasteiger partial charge in [-0.05, 0) is 11.8 Å². The zero-order valence-corrected chi connectivity index (χ0v) is 25.6. The number of ether oxygens (including phenoxy) is 3. The number of hydrogen-bond donors (Lipinski definition) is 1. The summed E-state index contributed by atoms with van der Waals surface area (Å²) in [6.07, 6.45) is 1.22. The highest BCUT2D eigenvalue weighted by Crippen LogP contribution is 2.48. The van der Waals surface area contributed by atoms with E-state index in [0.717, 1.165) is 23.1 Å². The lowest BCUT2D eigenvalue weighted by atomic mass is 9.90. The van der Waals surface area contributed by atoms with Crippen molar-refractivity contribution in [3.05, 3.63) is 55.7 Å². The first kappa shape index (κ1) is 32.1. The first-order valence-electron chi connectivity index (χ1n) is 13.7. The third-order valence-corrected chi connectivity index (χ3v) is 8.41. The maximum Gasteiger partial charge on any atom is 0.331 e. The van der Waals surface area contributed by atoms with E-state index in [1.165, 1.54) is 16.8 Å². The molecule has 2 aromatic heterocycles. The van der Waals surface area contributed by atoms with E-state index in [1.54, 1.807) is 6.92 Å². The normalized spacial score (nSPS) is 32.7. The fourth-order valence-electron chi connectivity index (χ4n) is 6.03. The summed E-state index contributed by atoms with van der Waals surface area (Å²) in [6.45, 7) is 11.5. The Kier molecular flexibility index (Phi) is 8.47. The lowest BCUT2D eigenvalue weighted by Gasteiger charge is -2.29. The molecular formula is C27H34N6O9S. The summed E-state index contributed by atoms with van der Waals surface area (Å²) in [5, 5.41) is 19.3. The van der Waals surface area contributed by atoms with E-state index in [4.69, 9.17) is 18.4 Å². The second-order valence-corrected chi connectivity index (χ2v) is 13.2. The summed E-state index contributed by atoms with van der Waals surface area (Å²) < 4.78 is 48.3. The van der Waals surface area contributed by atoms with Crippen LogP contribution in [0.3, 0.4) is 0 Å². The zero-order chi connectivity index (χ0) is 32.1. The minimum Gasteiger partial charge on any atom is -0.454 e. The molecule has 5 heterocycles. The molecular weight excluding hydrogens is 584 g/mol. The van der Waals surface area contributed by atoms with Gasteiger partial charge in [0, 0.05) is 36.4 Å². The summed E-state index contributed by atoms with van der Waals surface area (Å²) in [5.74, 6) is -0.209. The van der Waals surface area contributed by atoms with Gasteiger partial charge in [0.05, 0.1) is 18.5 Å². The van der Waals surface area contributed by atoms with Gasteiger partial charge < -0.3 is 14.2 Å². The molecule has 3 aliphatic rings. The van der Waals surface area contributed by atoms with Gasteiger partial charge in [0.2, 0.25) is 0 Å². The van der Waals surface area contributed by atoms with Crippen molar-refractivity contribution >= 4 is 10.1 Å². The molecule has 0 bridgehead atoms. The molecule has 0 aliphatic carbocycles. The molecule has 232 valence electrons. The third-order valence-electron chi connectivity index (χ3n) is 7.86. The average Bonchev–Trinajstić information content (AvgIpc) is 3.49. The van der Waals surface area contributed by atoms with Crippen LogP contribution >= 0.6 is 0 Å². The first-order valence-corrected chi connectivity index (χ1v) is 15.5. The summed E-state index contributed by atoms with van der Waals surface area (Å²) in [6, 6.07) is 6.60. The van der Waals surface area contributed by atoms with E-state index in [1.807, 2.05) is 31.8 Å². The van der Waals surface area contributed by atoms with E-state index in [-0.39, 0.29) is 35.4 Å². The molecule has 43 heavy (non-hydrogen) atoms. The van der Waals surface area contributed by atoms with Crippen molar-refractivity contribution < 1.29 is 26.8 Å². The van der Waals surface area contributed by atoms with Crippen LogP contribution in [0.4, 0.5) is 0 Å². The highest BCUT2D eigenvalue weighted by Gasteiger charge is 2.62. The first-order chi connectivity index (χ1) is 20.0. The topological polar surface area (TPSA) is 208 Å². The molecule has 3 aliphatic heterocycles. The Morgan fingerprint density at radius 2 is 1.51 bits per heavy atom. The second-order valence-electron chi connectivity index (χ2n) is 11.6. The predicted octanol–water partition coefficient (Wildman–Crippen LogP) is 0.620. The SMILES string of the molecule is CC(C)[C@H]1O[C@@](C#N)(n2ccc(=O)[nH]c2=O)[C@H](OS(C)(=O)=O)[C@@H]1C.CC(C)[C@H]1O[C@]2(C#N)[C@@H](Oc3nc(=O)ccn32)[C@@H]1C. The fraction of sp³-hybridized carbons (Fsp3) is 0.630. The molecule has 0 spiro atoms. The van der Waals surface area contributed by atoms with Gasteiger partial charge in [-0.25, -0.2) is 4.79 Å². The molecule has 8 atom stereocenters. The van der Waals surface area contributed by atoms with E-state index in [9.17, 15) is 33.3 Å². The Bertz CT molecular complexity index is 1750. The third kappa shape index (κ3) is 5.51. The number of nitriles is 2. The molecule has 1 N–H and O–H groups in total. The molecule has 0 unspecified atom stereocenters. The summed E-state index contributed by atoms with van der Waals surface area (Å²) in [7, 11) is -3.92. The van der Waals surface area contributed by atoms with Gasteiger partial charge in [0.1, 0.15) is 18.2 Å². The van der Waals surface area contributed by atoms with Crippen LogP contribution < -0.4 is 21.5 Å². The van der Waals surface area contributed by atoms with E-state index in [0.29, 0.717) is 0 Å². The number of H-pyrrole nitrogens is 1. The van der Waals surface area contributed by atoms with Crippen molar-refractivity contribution in [3.63, 3.8) is 0 Å². The van der Waals surface area contributed by atoms with Crippen molar-refractivity contribution in [1.82, 2.24) is 19.1 Å².